The maximum absolute atomic E-state index is 12.9. The summed E-state index contributed by atoms with van der Waals surface area (Å²) in [6.45, 7) is 1.10. The molecular weight excluding hydrogens is 359 g/mol. The Balaban J connectivity index is 1.67. The summed E-state index contributed by atoms with van der Waals surface area (Å²) in [6, 6.07) is 4.60. The fourth-order valence-electron chi connectivity index (χ4n) is 3.79. The van der Waals surface area contributed by atoms with Crippen molar-refractivity contribution in [2.75, 3.05) is 13.1 Å². The molecule has 1 aliphatic carbocycles. The summed E-state index contributed by atoms with van der Waals surface area (Å²) in [6.07, 6.45) is -0.294. The molecule has 0 spiro atoms. The molecule has 1 aromatic rings. The number of carbonyl (C=O) groups is 2. The summed E-state index contributed by atoms with van der Waals surface area (Å²) in [5.41, 5.74) is -0.238. The van der Waals surface area contributed by atoms with E-state index in [9.17, 15) is 22.8 Å². The highest BCUT2D eigenvalue weighted by molar-refractivity contribution is 5.88. The van der Waals surface area contributed by atoms with Crippen molar-refractivity contribution >= 4 is 11.8 Å². The summed E-state index contributed by atoms with van der Waals surface area (Å²) in [4.78, 5) is 26.4. The smallest absolute Gasteiger partial charge is 0.353 e. The van der Waals surface area contributed by atoms with E-state index in [0.717, 1.165) is 37.8 Å². The Kier molecular flexibility index (Phi) is 6.04. The molecule has 0 bridgehead atoms. The van der Waals surface area contributed by atoms with Crippen LogP contribution in [0.3, 0.4) is 0 Å². The minimum atomic E-state index is -4.41. The highest BCUT2D eigenvalue weighted by atomic mass is 19.4. The molecule has 1 saturated heterocycles. The van der Waals surface area contributed by atoms with Gasteiger partial charge in [0.1, 0.15) is 0 Å². The van der Waals surface area contributed by atoms with E-state index in [2.05, 4.69) is 10.6 Å². The van der Waals surface area contributed by atoms with Crippen molar-refractivity contribution < 1.29 is 22.8 Å². The summed E-state index contributed by atoms with van der Waals surface area (Å²) >= 11 is 0. The molecule has 0 radical (unpaired) electrons. The Labute approximate surface area is 156 Å². The van der Waals surface area contributed by atoms with Crippen molar-refractivity contribution in [1.82, 2.24) is 15.5 Å². The zero-order valence-electron chi connectivity index (χ0n) is 15.0. The number of benzene rings is 1. The molecule has 1 aromatic carbocycles. The lowest BCUT2D eigenvalue weighted by molar-refractivity contribution is -0.137. The molecule has 1 heterocycles. The quantitative estimate of drug-likeness (QED) is 0.821. The third-order valence-corrected chi connectivity index (χ3v) is 5.18. The molecule has 148 valence electrons. The van der Waals surface area contributed by atoms with Crippen LogP contribution in [0.25, 0.3) is 0 Å². The highest BCUT2D eigenvalue weighted by Gasteiger charge is 2.33. The van der Waals surface area contributed by atoms with Gasteiger partial charge in [-0.2, -0.15) is 13.2 Å². The fourth-order valence-corrected chi connectivity index (χ4v) is 3.79. The van der Waals surface area contributed by atoms with Gasteiger partial charge in [0.25, 0.3) is 0 Å². The van der Waals surface area contributed by atoms with Gasteiger partial charge in [-0.05, 0) is 24.5 Å². The predicted molar refractivity (Wildman–Crippen MR) is 93.7 cm³/mol. The molecule has 2 aliphatic rings. The van der Waals surface area contributed by atoms with Crippen molar-refractivity contribution in [3.05, 3.63) is 35.4 Å². The van der Waals surface area contributed by atoms with Gasteiger partial charge in [-0.1, -0.05) is 31.0 Å². The van der Waals surface area contributed by atoms with Crippen molar-refractivity contribution in [1.29, 1.82) is 0 Å². The van der Waals surface area contributed by atoms with Gasteiger partial charge in [0.05, 0.1) is 18.0 Å². The number of amides is 2. The molecule has 1 saturated carbocycles. The summed E-state index contributed by atoms with van der Waals surface area (Å²) < 4.78 is 38.8. The highest BCUT2D eigenvalue weighted by Crippen LogP contribution is 2.30. The number of hydrogen-bond acceptors (Lipinski definition) is 3. The normalized spacial score (nSPS) is 21.9. The molecule has 2 amide bonds. The molecule has 1 aliphatic heterocycles. The number of rotatable bonds is 5. The Morgan fingerprint density at radius 1 is 1.26 bits per heavy atom. The van der Waals surface area contributed by atoms with E-state index in [0.29, 0.717) is 18.7 Å². The number of piperazine rings is 1. The number of halogens is 3. The van der Waals surface area contributed by atoms with Crippen LogP contribution in [-0.2, 0) is 22.3 Å². The molecule has 5 nitrogen and oxygen atoms in total. The fraction of sp³-hybridized carbons (Fsp3) is 0.579. The zero-order valence-corrected chi connectivity index (χ0v) is 15.0. The molecule has 8 heteroatoms. The Hall–Kier alpha value is -2.09. The number of alkyl halides is 3. The van der Waals surface area contributed by atoms with Crippen LogP contribution in [0.15, 0.2) is 24.3 Å². The third kappa shape index (κ3) is 5.22. The van der Waals surface area contributed by atoms with Gasteiger partial charge in [0.2, 0.25) is 11.8 Å². The molecule has 1 atom stereocenters. The van der Waals surface area contributed by atoms with Gasteiger partial charge in [0, 0.05) is 25.7 Å². The first-order valence-electron chi connectivity index (χ1n) is 9.30. The lowest BCUT2D eigenvalue weighted by atomic mass is 10.0. The van der Waals surface area contributed by atoms with E-state index in [4.69, 9.17) is 0 Å². The van der Waals surface area contributed by atoms with E-state index in [1.807, 2.05) is 0 Å². The second-order valence-corrected chi connectivity index (χ2v) is 7.23. The Morgan fingerprint density at radius 3 is 2.70 bits per heavy atom. The van der Waals surface area contributed by atoms with Crippen molar-refractivity contribution in [3.8, 4) is 0 Å². The third-order valence-electron chi connectivity index (χ3n) is 5.18. The van der Waals surface area contributed by atoms with E-state index in [-0.39, 0.29) is 30.8 Å². The molecule has 2 fully saturated rings. The van der Waals surface area contributed by atoms with E-state index in [1.165, 1.54) is 6.07 Å². The maximum atomic E-state index is 12.9. The number of hydrogen-bond donors (Lipinski definition) is 2. The van der Waals surface area contributed by atoms with Crippen LogP contribution in [-0.4, -0.2) is 41.9 Å². The maximum Gasteiger partial charge on any atom is 0.416 e. The van der Waals surface area contributed by atoms with Crippen LogP contribution >= 0.6 is 0 Å². The summed E-state index contributed by atoms with van der Waals surface area (Å²) in [5.74, 6) is -0.437. The molecule has 27 heavy (non-hydrogen) atoms. The molecule has 3 rings (SSSR count). The van der Waals surface area contributed by atoms with E-state index in [1.54, 1.807) is 11.0 Å². The van der Waals surface area contributed by atoms with Crippen molar-refractivity contribution in [2.45, 2.75) is 56.9 Å². The largest absolute Gasteiger partial charge is 0.416 e. The van der Waals surface area contributed by atoms with Gasteiger partial charge >= 0.3 is 6.18 Å². The van der Waals surface area contributed by atoms with E-state index >= 15 is 0 Å². The number of nitrogens with zero attached hydrogens (tertiary/aromatic N) is 1. The van der Waals surface area contributed by atoms with Crippen LogP contribution in [0.2, 0.25) is 0 Å². The van der Waals surface area contributed by atoms with E-state index < -0.39 is 17.8 Å². The molecule has 0 aromatic heterocycles. The van der Waals surface area contributed by atoms with Crippen molar-refractivity contribution in [2.24, 2.45) is 0 Å². The average Bonchev–Trinajstić information content (AvgIpc) is 3.10. The van der Waals surface area contributed by atoms with Crippen LogP contribution in [0.4, 0.5) is 13.2 Å². The lowest BCUT2D eigenvalue weighted by Crippen LogP contribution is -2.56. The van der Waals surface area contributed by atoms with Gasteiger partial charge < -0.3 is 10.6 Å². The first-order valence-corrected chi connectivity index (χ1v) is 9.30. The summed E-state index contributed by atoms with van der Waals surface area (Å²) in [5, 5.41) is 5.71. The monoisotopic (exact) mass is 383 g/mol. The van der Waals surface area contributed by atoms with Crippen LogP contribution in [0.5, 0.6) is 0 Å². The molecule has 1 unspecified atom stereocenters. The van der Waals surface area contributed by atoms with Crippen LogP contribution < -0.4 is 10.6 Å². The standard InChI is InChI=1S/C19H24F3N3O2/c20-19(21,22)14-5-3-4-13(10-14)12-25-9-8-23-18(27)16(25)11-17(26)24-15-6-1-2-7-15/h3-5,10,15-16H,1-2,6-9,11-12H2,(H,23,27)(H,24,26). The first kappa shape index (κ1) is 19.7. The van der Waals surface area contributed by atoms with Gasteiger partial charge in [-0.3, -0.25) is 14.5 Å². The van der Waals surface area contributed by atoms with Gasteiger partial charge in [-0.15, -0.1) is 0 Å². The second-order valence-electron chi connectivity index (χ2n) is 7.23. The summed E-state index contributed by atoms with van der Waals surface area (Å²) in [7, 11) is 0. The Morgan fingerprint density at radius 2 is 2.00 bits per heavy atom. The topological polar surface area (TPSA) is 61.4 Å². The van der Waals surface area contributed by atoms with Crippen molar-refractivity contribution in [3.63, 3.8) is 0 Å². The Bertz CT molecular complexity index is 687. The molecular formula is C19H24F3N3O2. The lowest BCUT2D eigenvalue weighted by Gasteiger charge is -2.35. The number of nitrogens with one attached hydrogen (secondary N) is 2. The average molecular weight is 383 g/mol. The number of carbonyl (C=O) groups excluding carboxylic acids is 2. The zero-order chi connectivity index (χ0) is 19.4. The SMILES string of the molecule is O=C(CC1C(=O)NCCN1Cc1cccc(C(F)(F)F)c1)NC1CCCC1. The van der Waals surface area contributed by atoms with Crippen LogP contribution in [0.1, 0.15) is 43.2 Å². The second kappa shape index (κ2) is 8.29. The first-order chi connectivity index (χ1) is 12.8. The minimum Gasteiger partial charge on any atom is -0.353 e. The van der Waals surface area contributed by atoms with Gasteiger partial charge in [-0.25, -0.2) is 0 Å². The predicted octanol–water partition coefficient (Wildman–Crippen LogP) is 2.45. The van der Waals surface area contributed by atoms with Crippen LogP contribution in [0, 0.1) is 0 Å². The molecule has 2 N–H and O–H groups in total. The minimum absolute atomic E-state index is 0.0152. The van der Waals surface area contributed by atoms with Gasteiger partial charge in [0.15, 0.2) is 0 Å².